The maximum atomic E-state index is 12.4. The standard InChI is InChI=1S/C18H17B6FN2OS/c19-17(20,21)27(18(22,23)24)11-12-10-13(28-9-3-8-25)6-7-15(12)29-16-5-2-1-4-14(16)26/h1-2,4-7,10H,3,8-9,11,26H2. The molecule has 2 aromatic rings. The van der Waals surface area contributed by atoms with E-state index in [1.165, 1.54) is 11.8 Å². The number of nitrogens with zero attached hydrogens (tertiary/aromatic N) is 1. The Labute approximate surface area is 184 Å². The second-order valence-corrected chi connectivity index (χ2v) is 7.74. The molecule has 0 aliphatic carbocycles. The molecule has 0 atom stereocenters. The molecule has 3 nitrogen and oxygen atoms in total. The van der Waals surface area contributed by atoms with Gasteiger partial charge >= 0.3 is 0 Å². The normalized spacial score (nSPS) is 12.2. The summed E-state index contributed by atoms with van der Waals surface area (Å²) in [7, 11) is 34.9. The van der Waals surface area contributed by atoms with Gasteiger partial charge in [-0.05, 0) is 35.9 Å². The molecule has 0 heterocycles. The number of anilines is 1. The minimum absolute atomic E-state index is 0.0301. The van der Waals surface area contributed by atoms with E-state index in [1.54, 1.807) is 18.2 Å². The predicted molar refractivity (Wildman–Crippen MR) is 123 cm³/mol. The van der Waals surface area contributed by atoms with Crippen LogP contribution in [0.25, 0.3) is 0 Å². The average Bonchev–Trinajstić information content (AvgIpc) is 2.61. The van der Waals surface area contributed by atoms with Crippen LogP contribution in [0.5, 0.6) is 5.75 Å². The first-order valence-corrected chi connectivity index (χ1v) is 9.69. The van der Waals surface area contributed by atoms with Gasteiger partial charge in [0.1, 0.15) is 5.75 Å². The SMILES string of the molecule is [B]C([B])([B])N(Cc1cc(OCCCF)ccc1Sc1ccccc1N)C([B])([B])[B]. The molecule has 136 valence electrons. The van der Waals surface area contributed by atoms with Crippen LogP contribution in [-0.2, 0) is 6.54 Å². The number of hydrogen-bond acceptors (Lipinski definition) is 4. The van der Waals surface area contributed by atoms with Crippen molar-refractivity contribution in [3.05, 3.63) is 48.0 Å². The Balaban J connectivity index is 2.40. The third-order valence-electron chi connectivity index (χ3n) is 3.98. The lowest BCUT2D eigenvalue weighted by Crippen LogP contribution is -2.63. The molecular formula is C18H17B6FN2OS. The van der Waals surface area contributed by atoms with Gasteiger partial charge < -0.3 is 15.4 Å². The zero-order valence-corrected chi connectivity index (χ0v) is 16.9. The van der Waals surface area contributed by atoms with E-state index < -0.39 is 17.1 Å². The highest BCUT2D eigenvalue weighted by Crippen LogP contribution is 2.36. The molecule has 0 spiro atoms. The van der Waals surface area contributed by atoms with Crippen LogP contribution in [0.4, 0.5) is 10.1 Å². The molecule has 0 fully saturated rings. The van der Waals surface area contributed by atoms with Crippen molar-refractivity contribution in [2.24, 2.45) is 0 Å². The molecule has 2 N–H and O–H groups in total. The van der Waals surface area contributed by atoms with Crippen molar-refractivity contribution in [3.63, 3.8) is 0 Å². The molecule has 0 saturated carbocycles. The summed E-state index contributed by atoms with van der Waals surface area (Å²) in [6.45, 7) is -0.197. The van der Waals surface area contributed by atoms with Gasteiger partial charge in [-0.15, -0.1) is 0 Å². The zero-order valence-electron chi connectivity index (χ0n) is 16.1. The Bertz CT molecular complexity index is 802. The summed E-state index contributed by atoms with van der Waals surface area (Å²) in [6.07, 6.45) is 0.285. The smallest absolute Gasteiger partial charge is 0.119 e. The van der Waals surface area contributed by atoms with E-state index in [1.807, 2.05) is 24.3 Å². The second-order valence-electron chi connectivity index (χ2n) is 6.66. The number of para-hydroxylation sites is 1. The Morgan fingerprint density at radius 1 is 0.966 bits per heavy atom. The number of hydrogen-bond donors (Lipinski definition) is 1. The van der Waals surface area contributed by atoms with E-state index in [-0.39, 0.29) is 19.6 Å². The Hall–Kier alpha value is -1.33. The molecule has 0 aliphatic rings. The Kier molecular flexibility index (Phi) is 8.36. The summed E-state index contributed by atoms with van der Waals surface area (Å²) in [5, 5.41) is -3.76. The van der Waals surface area contributed by atoms with Crippen LogP contribution in [0.3, 0.4) is 0 Å². The number of halogens is 1. The van der Waals surface area contributed by atoms with Crippen LogP contribution in [0.1, 0.15) is 12.0 Å². The van der Waals surface area contributed by atoms with Gasteiger partial charge in [-0.1, -0.05) is 34.4 Å². The van der Waals surface area contributed by atoms with E-state index in [0.717, 1.165) is 14.7 Å². The molecule has 2 rings (SSSR count). The largest absolute Gasteiger partial charge is 0.493 e. The van der Waals surface area contributed by atoms with Gasteiger partial charge in [-0.25, -0.2) is 0 Å². The van der Waals surface area contributed by atoms with E-state index >= 15 is 0 Å². The fourth-order valence-electron chi connectivity index (χ4n) is 2.58. The molecule has 0 bridgehead atoms. The van der Waals surface area contributed by atoms with Crippen molar-refractivity contribution in [3.8, 4) is 5.75 Å². The van der Waals surface area contributed by atoms with Crippen LogP contribution in [0, 0.1) is 0 Å². The first-order valence-electron chi connectivity index (χ1n) is 8.87. The Morgan fingerprint density at radius 3 is 2.21 bits per heavy atom. The molecule has 0 aliphatic heterocycles. The average molecular weight is 393 g/mol. The highest BCUT2D eigenvalue weighted by Gasteiger charge is 2.29. The number of nitrogens with two attached hydrogens (primary N) is 1. The lowest BCUT2D eigenvalue weighted by Gasteiger charge is -2.49. The maximum Gasteiger partial charge on any atom is 0.119 e. The van der Waals surface area contributed by atoms with Crippen molar-refractivity contribution in [2.75, 3.05) is 19.0 Å². The molecule has 0 aromatic heterocycles. The van der Waals surface area contributed by atoms with Crippen LogP contribution in [-0.4, -0.2) is 75.7 Å². The number of nitrogen functional groups attached to an aromatic ring is 1. The fourth-order valence-corrected chi connectivity index (χ4v) is 3.54. The monoisotopic (exact) mass is 394 g/mol. The zero-order chi connectivity index (χ0) is 21.7. The molecule has 12 radical (unpaired) electrons. The van der Waals surface area contributed by atoms with Crippen LogP contribution >= 0.6 is 11.8 Å². The van der Waals surface area contributed by atoms with Crippen molar-refractivity contribution in [2.45, 2.75) is 33.2 Å². The summed E-state index contributed by atoms with van der Waals surface area (Å²) in [4.78, 5) is 2.82. The van der Waals surface area contributed by atoms with E-state index in [0.29, 0.717) is 17.0 Å². The first-order chi connectivity index (χ1) is 13.5. The summed E-state index contributed by atoms with van der Waals surface area (Å²) in [6, 6.07) is 12.8. The number of rotatable bonds is 10. The van der Waals surface area contributed by atoms with Gasteiger partial charge in [-0.2, -0.15) is 0 Å². The highest BCUT2D eigenvalue weighted by molar-refractivity contribution is 7.99. The maximum absolute atomic E-state index is 12.4. The highest BCUT2D eigenvalue weighted by atomic mass is 32.2. The third kappa shape index (κ3) is 7.14. The van der Waals surface area contributed by atoms with E-state index in [4.69, 9.17) is 57.5 Å². The molecule has 0 amide bonds. The van der Waals surface area contributed by atoms with Crippen molar-refractivity contribution < 1.29 is 9.13 Å². The minimum atomic E-state index is -1.88. The number of benzene rings is 2. The summed E-state index contributed by atoms with van der Waals surface area (Å²) in [5.74, 6) is 0.534. The van der Waals surface area contributed by atoms with Gasteiger partial charge in [0, 0.05) is 28.4 Å². The second kappa shape index (κ2) is 10.1. The number of alkyl halides is 1. The van der Waals surface area contributed by atoms with Gasteiger partial charge in [0.05, 0.1) is 60.4 Å². The van der Waals surface area contributed by atoms with Crippen molar-refractivity contribution in [1.29, 1.82) is 0 Å². The van der Waals surface area contributed by atoms with Crippen LogP contribution in [0.2, 0.25) is 0 Å². The van der Waals surface area contributed by atoms with E-state index in [9.17, 15) is 4.39 Å². The van der Waals surface area contributed by atoms with Gasteiger partial charge in [-0.3, -0.25) is 4.39 Å². The quantitative estimate of drug-likeness (QED) is 0.374. The van der Waals surface area contributed by atoms with Crippen molar-refractivity contribution >= 4 is 64.5 Å². The minimum Gasteiger partial charge on any atom is -0.493 e. The van der Waals surface area contributed by atoms with Gasteiger partial charge in [0.25, 0.3) is 0 Å². The summed E-state index contributed by atoms with van der Waals surface area (Å²) < 4.78 is 18.0. The predicted octanol–water partition coefficient (Wildman–Crippen LogP) is 1.19. The molecule has 29 heavy (non-hydrogen) atoms. The topological polar surface area (TPSA) is 38.5 Å². The third-order valence-corrected chi connectivity index (χ3v) is 5.19. The summed E-state index contributed by atoms with van der Waals surface area (Å²) in [5.41, 5.74) is 7.38. The molecule has 0 unspecified atom stereocenters. The molecule has 2 aromatic carbocycles. The van der Waals surface area contributed by atoms with Crippen molar-refractivity contribution in [1.82, 2.24) is 4.90 Å². The van der Waals surface area contributed by atoms with E-state index in [2.05, 4.69) is 0 Å². The fraction of sp³-hybridized carbons (Fsp3) is 0.333. The lowest BCUT2D eigenvalue weighted by atomic mass is 9.40. The van der Waals surface area contributed by atoms with Gasteiger partial charge in [0.2, 0.25) is 0 Å². The van der Waals surface area contributed by atoms with Crippen LogP contribution in [0.15, 0.2) is 52.3 Å². The molecule has 0 saturated heterocycles. The molecular weight excluding hydrogens is 376 g/mol. The van der Waals surface area contributed by atoms with Gasteiger partial charge in [0.15, 0.2) is 0 Å². The summed E-state index contributed by atoms with van der Waals surface area (Å²) >= 11 is 1.43. The lowest BCUT2D eigenvalue weighted by molar-refractivity contribution is 0.259. The number of ether oxygens (including phenoxy) is 1. The Morgan fingerprint density at radius 2 is 1.62 bits per heavy atom. The first kappa shape index (κ1) is 23.9. The molecule has 11 heteroatoms. The van der Waals surface area contributed by atoms with Crippen LogP contribution < -0.4 is 10.5 Å².